The molecule has 0 radical (unpaired) electrons. The summed E-state index contributed by atoms with van der Waals surface area (Å²) >= 11 is 6.25. The van der Waals surface area contributed by atoms with E-state index in [0.29, 0.717) is 28.4 Å². The van der Waals surface area contributed by atoms with Crippen LogP contribution in [0.15, 0.2) is 137 Å². The van der Waals surface area contributed by atoms with E-state index in [-0.39, 0.29) is 11.4 Å². The van der Waals surface area contributed by atoms with Crippen molar-refractivity contribution in [2.24, 2.45) is 5.10 Å². The highest BCUT2D eigenvalue weighted by Crippen LogP contribution is 2.31. The SMILES string of the molecule is Cc1ccc(Cl)cc1N(Cc1ccc(C(=O)N/N=C\c2ccc(OCc3ccccc3)cc2)cc1)S(=O)(=O)c1ccccc1. The molecule has 0 saturated heterocycles. The van der Waals surface area contributed by atoms with Crippen LogP contribution in [-0.4, -0.2) is 20.5 Å². The van der Waals surface area contributed by atoms with Gasteiger partial charge in [-0.15, -0.1) is 0 Å². The number of carbonyl (C=O) groups is 1. The Kier molecular flexibility index (Phi) is 9.74. The zero-order valence-electron chi connectivity index (χ0n) is 23.9. The standard InChI is InChI=1S/C35H30ClN3O4S/c1-26-12-19-31(36)22-34(26)39(44(41,42)33-10-6-3-7-11-33)24-28-13-17-30(18-14-28)35(40)38-37-23-27-15-20-32(21-16-27)43-25-29-8-4-2-5-9-29/h2-23H,24-25H2,1H3,(H,38,40)/b37-23-. The van der Waals surface area contributed by atoms with Crippen LogP contribution in [0.3, 0.4) is 0 Å². The first-order valence-corrected chi connectivity index (χ1v) is 15.6. The number of sulfonamides is 1. The number of ether oxygens (including phenoxy) is 1. The van der Waals surface area contributed by atoms with Crippen LogP contribution in [-0.2, 0) is 23.2 Å². The van der Waals surface area contributed by atoms with Gasteiger partial charge >= 0.3 is 0 Å². The Bertz CT molecular complexity index is 1850. The Balaban J connectivity index is 1.23. The smallest absolute Gasteiger partial charge is 0.271 e. The summed E-state index contributed by atoms with van der Waals surface area (Å²) in [4.78, 5) is 12.9. The molecular formula is C35H30ClN3O4S. The summed E-state index contributed by atoms with van der Waals surface area (Å²) in [6, 6.07) is 37.4. The molecule has 5 aromatic rings. The van der Waals surface area contributed by atoms with Crippen molar-refractivity contribution < 1.29 is 17.9 Å². The average Bonchev–Trinajstić information content (AvgIpc) is 3.05. The molecule has 0 aromatic heterocycles. The number of hydrogen-bond acceptors (Lipinski definition) is 5. The number of amides is 1. The van der Waals surface area contributed by atoms with Gasteiger partial charge in [0.05, 0.1) is 23.3 Å². The van der Waals surface area contributed by atoms with Crippen molar-refractivity contribution in [3.63, 3.8) is 0 Å². The van der Waals surface area contributed by atoms with Gasteiger partial charge in [-0.05, 0) is 89.8 Å². The lowest BCUT2D eigenvalue weighted by Gasteiger charge is -2.26. The molecular weight excluding hydrogens is 594 g/mol. The maximum absolute atomic E-state index is 13.7. The average molecular weight is 624 g/mol. The summed E-state index contributed by atoms with van der Waals surface area (Å²) in [6.07, 6.45) is 1.55. The molecule has 1 amide bonds. The number of nitrogens with zero attached hydrogens (tertiary/aromatic N) is 2. The van der Waals surface area contributed by atoms with E-state index in [9.17, 15) is 13.2 Å². The molecule has 0 aliphatic rings. The molecule has 5 aromatic carbocycles. The highest BCUT2D eigenvalue weighted by Gasteiger charge is 2.26. The number of rotatable bonds is 11. The minimum absolute atomic E-state index is 0.0452. The van der Waals surface area contributed by atoms with Crippen molar-refractivity contribution in [2.45, 2.75) is 25.0 Å². The molecule has 1 N–H and O–H groups in total. The summed E-state index contributed by atoms with van der Waals surface area (Å²) in [5.41, 5.74) is 6.73. The van der Waals surface area contributed by atoms with Crippen molar-refractivity contribution in [1.29, 1.82) is 0 Å². The minimum Gasteiger partial charge on any atom is -0.489 e. The second kappa shape index (κ2) is 14.0. The van der Waals surface area contributed by atoms with Gasteiger partial charge in [0.15, 0.2) is 0 Å². The zero-order valence-corrected chi connectivity index (χ0v) is 25.5. The van der Waals surface area contributed by atoms with Crippen molar-refractivity contribution in [3.05, 3.63) is 160 Å². The van der Waals surface area contributed by atoms with Crippen LogP contribution in [0.5, 0.6) is 5.75 Å². The normalized spacial score (nSPS) is 11.3. The first kappa shape index (κ1) is 30.5. The van der Waals surface area contributed by atoms with E-state index in [0.717, 1.165) is 22.4 Å². The van der Waals surface area contributed by atoms with E-state index in [1.54, 1.807) is 79.0 Å². The van der Waals surface area contributed by atoms with Gasteiger partial charge in [0.25, 0.3) is 15.9 Å². The third-order valence-electron chi connectivity index (χ3n) is 6.82. The number of halogens is 1. The van der Waals surface area contributed by atoms with Gasteiger partial charge in [0.1, 0.15) is 12.4 Å². The van der Waals surface area contributed by atoms with Crippen molar-refractivity contribution in [1.82, 2.24) is 5.43 Å². The number of nitrogens with one attached hydrogen (secondary N) is 1. The van der Waals surface area contributed by atoms with E-state index < -0.39 is 15.9 Å². The molecule has 0 saturated carbocycles. The third-order valence-corrected chi connectivity index (χ3v) is 8.83. The fourth-order valence-corrected chi connectivity index (χ4v) is 6.12. The van der Waals surface area contributed by atoms with E-state index in [4.69, 9.17) is 16.3 Å². The number of hydrogen-bond donors (Lipinski definition) is 1. The fraction of sp³-hybridized carbons (Fsp3) is 0.0857. The molecule has 0 spiro atoms. The number of hydrazone groups is 1. The molecule has 44 heavy (non-hydrogen) atoms. The maximum atomic E-state index is 13.7. The van der Waals surface area contributed by atoms with E-state index >= 15 is 0 Å². The zero-order chi connectivity index (χ0) is 30.9. The van der Waals surface area contributed by atoms with Gasteiger partial charge in [-0.2, -0.15) is 5.10 Å². The number of aryl methyl sites for hydroxylation is 1. The highest BCUT2D eigenvalue weighted by atomic mass is 35.5. The quantitative estimate of drug-likeness (QED) is 0.123. The van der Waals surface area contributed by atoms with Crippen LogP contribution < -0.4 is 14.5 Å². The first-order valence-electron chi connectivity index (χ1n) is 13.8. The number of carbonyl (C=O) groups excluding carboxylic acids is 1. The van der Waals surface area contributed by atoms with Gasteiger partial charge in [0, 0.05) is 10.6 Å². The van der Waals surface area contributed by atoms with Gasteiger partial charge < -0.3 is 4.74 Å². The van der Waals surface area contributed by atoms with Crippen LogP contribution in [0.25, 0.3) is 0 Å². The van der Waals surface area contributed by atoms with Crippen LogP contribution in [0.2, 0.25) is 5.02 Å². The van der Waals surface area contributed by atoms with Crippen LogP contribution in [0, 0.1) is 6.92 Å². The summed E-state index contributed by atoms with van der Waals surface area (Å²) in [7, 11) is -3.91. The summed E-state index contributed by atoms with van der Waals surface area (Å²) < 4.78 is 34.6. The Morgan fingerprint density at radius 3 is 2.18 bits per heavy atom. The predicted molar refractivity (Wildman–Crippen MR) is 175 cm³/mol. The van der Waals surface area contributed by atoms with Crippen LogP contribution in [0.4, 0.5) is 5.69 Å². The van der Waals surface area contributed by atoms with Crippen molar-refractivity contribution in [2.75, 3.05) is 4.31 Å². The van der Waals surface area contributed by atoms with Gasteiger partial charge in [-0.1, -0.05) is 78.3 Å². The lowest BCUT2D eigenvalue weighted by molar-refractivity contribution is 0.0955. The number of anilines is 1. The molecule has 0 aliphatic heterocycles. The third kappa shape index (κ3) is 7.72. The topological polar surface area (TPSA) is 88.1 Å². The second-order valence-electron chi connectivity index (χ2n) is 9.99. The monoisotopic (exact) mass is 623 g/mol. The van der Waals surface area contributed by atoms with Gasteiger partial charge in [-0.3, -0.25) is 9.10 Å². The van der Waals surface area contributed by atoms with Crippen LogP contribution >= 0.6 is 11.6 Å². The molecule has 0 heterocycles. The first-order chi connectivity index (χ1) is 21.3. The summed E-state index contributed by atoms with van der Waals surface area (Å²) in [6.45, 7) is 2.36. The Morgan fingerprint density at radius 1 is 0.841 bits per heavy atom. The largest absolute Gasteiger partial charge is 0.489 e. The molecule has 0 fully saturated rings. The second-order valence-corrected chi connectivity index (χ2v) is 12.3. The summed E-state index contributed by atoms with van der Waals surface area (Å²) in [5, 5.41) is 4.50. The molecule has 0 atom stereocenters. The Hall–Kier alpha value is -4.92. The summed E-state index contributed by atoms with van der Waals surface area (Å²) in [5.74, 6) is 0.339. The fourth-order valence-electron chi connectivity index (χ4n) is 4.42. The Labute approximate surface area is 262 Å². The maximum Gasteiger partial charge on any atom is 0.271 e. The molecule has 0 bridgehead atoms. The van der Waals surface area contributed by atoms with Gasteiger partial charge in [-0.25, -0.2) is 13.8 Å². The molecule has 9 heteroatoms. The predicted octanol–water partition coefficient (Wildman–Crippen LogP) is 7.39. The van der Waals surface area contributed by atoms with Crippen LogP contribution in [0.1, 0.15) is 32.6 Å². The molecule has 0 aliphatic carbocycles. The molecule has 222 valence electrons. The minimum atomic E-state index is -3.91. The lowest BCUT2D eigenvalue weighted by atomic mass is 10.1. The molecule has 5 rings (SSSR count). The van der Waals surface area contributed by atoms with Crippen molar-refractivity contribution >= 4 is 39.4 Å². The molecule has 7 nitrogen and oxygen atoms in total. The van der Waals surface area contributed by atoms with Crippen molar-refractivity contribution in [3.8, 4) is 5.75 Å². The Morgan fingerprint density at radius 2 is 1.50 bits per heavy atom. The van der Waals surface area contributed by atoms with E-state index in [1.807, 2.05) is 61.5 Å². The van der Waals surface area contributed by atoms with Gasteiger partial charge in [0.2, 0.25) is 0 Å². The lowest BCUT2D eigenvalue weighted by Crippen LogP contribution is -2.31. The number of benzene rings is 5. The van der Waals surface area contributed by atoms with E-state index in [2.05, 4.69) is 10.5 Å². The highest BCUT2D eigenvalue weighted by molar-refractivity contribution is 7.92. The van der Waals surface area contributed by atoms with E-state index in [1.165, 1.54) is 4.31 Å². The molecule has 0 unspecified atom stereocenters.